The number of hydrogen-bond donors (Lipinski definition) is 2. The van der Waals surface area contributed by atoms with Gasteiger partial charge in [-0.1, -0.05) is 0 Å². The molecule has 1 unspecified atom stereocenters. The van der Waals surface area contributed by atoms with Gasteiger partial charge >= 0.3 is 0 Å². The summed E-state index contributed by atoms with van der Waals surface area (Å²) < 4.78 is 2.18. The Morgan fingerprint density at radius 2 is 2.12 bits per heavy atom. The zero-order valence-electron chi connectivity index (χ0n) is 9.99. The van der Waals surface area contributed by atoms with E-state index in [2.05, 4.69) is 29.9 Å². The number of aromatic hydroxyl groups is 1. The zero-order chi connectivity index (χ0) is 11.7. The Bertz CT molecular complexity index is 502. The molecular formula is C13H18N2O. The maximum absolute atomic E-state index is 9.44. The lowest BCUT2D eigenvalue weighted by molar-refractivity contribution is 0.476. The summed E-state index contributed by atoms with van der Waals surface area (Å²) in [7, 11) is 4.04. The van der Waals surface area contributed by atoms with Gasteiger partial charge in [0, 0.05) is 36.1 Å². The summed E-state index contributed by atoms with van der Waals surface area (Å²) >= 11 is 0. The second kappa shape index (κ2) is 4.18. The van der Waals surface area contributed by atoms with Crippen molar-refractivity contribution >= 4 is 10.9 Å². The number of nitrogens with one attached hydrogen (secondary N) is 1. The molecule has 1 heterocycles. The molecule has 2 rings (SSSR count). The molecule has 0 amide bonds. The molecule has 0 spiro atoms. The van der Waals surface area contributed by atoms with E-state index in [0.29, 0.717) is 11.8 Å². The molecule has 0 aliphatic carbocycles. The fraction of sp³-hybridized carbons (Fsp3) is 0.385. The third kappa shape index (κ3) is 1.91. The van der Waals surface area contributed by atoms with E-state index >= 15 is 0 Å². The quantitative estimate of drug-likeness (QED) is 0.827. The molecule has 2 N–H and O–H groups in total. The van der Waals surface area contributed by atoms with Gasteiger partial charge in [-0.15, -0.1) is 0 Å². The first-order chi connectivity index (χ1) is 7.61. The van der Waals surface area contributed by atoms with Crippen LogP contribution in [0.5, 0.6) is 5.75 Å². The topological polar surface area (TPSA) is 37.2 Å². The van der Waals surface area contributed by atoms with Crippen LogP contribution in [0.15, 0.2) is 24.3 Å². The van der Waals surface area contributed by atoms with Crippen LogP contribution in [0.2, 0.25) is 0 Å². The second-order valence-electron chi connectivity index (χ2n) is 4.33. The molecule has 0 aliphatic heterocycles. The highest BCUT2D eigenvalue weighted by molar-refractivity contribution is 5.82. The van der Waals surface area contributed by atoms with E-state index in [9.17, 15) is 5.11 Å². The van der Waals surface area contributed by atoms with Crippen LogP contribution in [-0.2, 0) is 13.5 Å². The summed E-state index contributed by atoms with van der Waals surface area (Å²) in [5, 5.41) is 13.8. The molecule has 86 valence electrons. The number of aromatic nitrogens is 1. The van der Waals surface area contributed by atoms with Crippen LogP contribution in [0.25, 0.3) is 10.9 Å². The van der Waals surface area contributed by atoms with Crippen molar-refractivity contribution in [1.29, 1.82) is 0 Å². The van der Waals surface area contributed by atoms with Crippen LogP contribution in [0.3, 0.4) is 0 Å². The largest absolute Gasteiger partial charge is 0.508 e. The SMILES string of the molecule is CNC(C)Cc1cc2cc(O)ccc2n1C. The van der Waals surface area contributed by atoms with E-state index < -0.39 is 0 Å². The van der Waals surface area contributed by atoms with Gasteiger partial charge in [0.25, 0.3) is 0 Å². The number of benzene rings is 1. The van der Waals surface area contributed by atoms with Crippen LogP contribution in [0.1, 0.15) is 12.6 Å². The smallest absolute Gasteiger partial charge is 0.116 e. The van der Waals surface area contributed by atoms with E-state index in [0.717, 1.165) is 17.3 Å². The number of likely N-dealkylation sites (N-methyl/N-ethyl adjacent to an activating group) is 1. The van der Waals surface area contributed by atoms with Crippen LogP contribution in [-0.4, -0.2) is 22.8 Å². The zero-order valence-corrected chi connectivity index (χ0v) is 9.99. The Hall–Kier alpha value is -1.48. The highest BCUT2D eigenvalue weighted by Gasteiger charge is 2.08. The molecule has 0 aliphatic rings. The van der Waals surface area contributed by atoms with Gasteiger partial charge in [-0.25, -0.2) is 0 Å². The first-order valence-corrected chi connectivity index (χ1v) is 5.56. The van der Waals surface area contributed by atoms with Gasteiger partial charge < -0.3 is 15.0 Å². The predicted octanol–water partition coefficient (Wildman–Crippen LogP) is 2.03. The molecule has 1 atom stereocenters. The predicted molar refractivity (Wildman–Crippen MR) is 66.8 cm³/mol. The number of hydrogen-bond acceptors (Lipinski definition) is 2. The number of aryl methyl sites for hydroxylation is 1. The highest BCUT2D eigenvalue weighted by atomic mass is 16.3. The third-order valence-electron chi connectivity index (χ3n) is 3.13. The van der Waals surface area contributed by atoms with E-state index in [4.69, 9.17) is 0 Å². The summed E-state index contributed by atoms with van der Waals surface area (Å²) in [6, 6.07) is 8.09. The maximum Gasteiger partial charge on any atom is 0.116 e. The van der Waals surface area contributed by atoms with Crippen molar-refractivity contribution in [3.05, 3.63) is 30.0 Å². The first-order valence-electron chi connectivity index (χ1n) is 5.56. The molecule has 0 saturated heterocycles. The van der Waals surface area contributed by atoms with Crippen molar-refractivity contribution in [2.45, 2.75) is 19.4 Å². The van der Waals surface area contributed by atoms with Crippen molar-refractivity contribution < 1.29 is 5.11 Å². The monoisotopic (exact) mass is 218 g/mol. The van der Waals surface area contributed by atoms with Crippen LogP contribution in [0, 0.1) is 0 Å². The van der Waals surface area contributed by atoms with Crippen LogP contribution in [0.4, 0.5) is 0 Å². The van der Waals surface area contributed by atoms with Gasteiger partial charge in [0.1, 0.15) is 5.75 Å². The van der Waals surface area contributed by atoms with Crippen molar-refractivity contribution in [1.82, 2.24) is 9.88 Å². The van der Waals surface area contributed by atoms with E-state index in [1.807, 2.05) is 19.2 Å². The van der Waals surface area contributed by atoms with Crippen molar-refractivity contribution in [2.24, 2.45) is 7.05 Å². The lowest BCUT2D eigenvalue weighted by Gasteiger charge is -2.10. The Morgan fingerprint density at radius 3 is 2.81 bits per heavy atom. The molecule has 0 bridgehead atoms. The minimum atomic E-state index is 0.325. The van der Waals surface area contributed by atoms with Crippen molar-refractivity contribution in [3.8, 4) is 5.75 Å². The van der Waals surface area contributed by atoms with E-state index in [-0.39, 0.29) is 0 Å². The Kier molecular flexibility index (Phi) is 2.88. The van der Waals surface area contributed by atoms with Gasteiger partial charge in [-0.2, -0.15) is 0 Å². The number of nitrogens with zero attached hydrogens (tertiary/aromatic N) is 1. The minimum Gasteiger partial charge on any atom is -0.508 e. The molecule has 3 nitrogen and oxygen atoms in total. The Labute approximate surface area is 95.7 Å². The summed E-state index contributed by atoms with van der Waals surface area (Å²) in [6.07, 6.45) is 0.989. The molecule has 0 fully saturated rings. The number of rotatable bonds is 3. The maximum atomic E-state index is 9.44. The molecular weight excluding hydrogens is 200 g/mol. The van der Waals surface area contributed by atoms with Gasteiger partial charge in [-0.05, 0) is 38.2 Å². The number of phenols is 1. The minimum absolute atomic E-state index is 0.325. The van der Waals surface area contributed by atoms with Crippen LogP contribution >= 0.6 is 0 Å². The van der Waals surface area contributed by atoms with Crippen molar-refractivity contribution in [2.75, 3.05) is 7.05 Å². The lowest BCUT2D eigenvalue weighted by atomic mass is 10.2. The average molecular weight is 218 g/mol. The fourth-order valence-electron chi connectivity index (χ4n) is 2.01. The standard InChI is InChI=1S/C13H18N2O/c1-9(14-2)6-11-7-10-8-12(16)4-5-13(10)15(11)3/h4-5,7-9,14,16H,6H2,1-3H3. The molecule has 2 aromatic rings. The molecule has 1 aromatic heterocycles. The molecule has 3 heteroatoms. The van der Waals surface area contributed by atoms with Gasteiger partial charge in [0.2, 0.25) is 0 Å². The average Bonchev–Trinajstić information content (AvgIpc) is 2.55. The molecule has 0 saturated carbocycles. The normalized spacial score (nSPS) is 13.2. The van der Waals surface area contributed by atoms with Crippen molar-refractivity contribution in [3.63, 3.8) is 0 Å². The first kappa shape index (κ1) is 11.0. The summed E-state index contributed by atoms with van der Waals surface area (Å²) in [6.45, 7) is 2.16. The lowest BCUT2D eigenvalue weighted by Crippen LogP contribution is -2.24. The van der Waals surface area contributed by atoms with E-state index in [1.165, 1.54) is 5.69 Å². The summed E-state index contributed by atoms with van der Waals surface area (Å²) in [4.78, 5) is 0. The van der Waals surface area contributed by atoms with Gasteiger partial charge in [0.05, 0.1) is 0 Å². The fourth-order valence-corrected chi connectivity index (χ4v) is 2.01. The number of phenolic OH excluding ortho intramolecular Hbond substituents is 1. The molecule has 1 aromatic carbocycles. The Balaban J connectivity index is 2.43. The Morgan fingerprint density at radius 1 is 1.38 bits per heavy atom. The second-order valence-corrected chi connectivity index (χ2v) is 4.33. The van der Waals surface area contributed by atoms with Gasteiger partial charge in [-0.3, -0.25) is 0 Å². The summed E-state index contributed by atoms with van der Waals surface area (Å²) in [5.41, 5.74) is 2.44. The summed E-state index contributed by atoms with van der Waals surface area (Å²) in [5.74, 6) is 0.325. The molecule has 0 radical (unpaired) electrons. The van der Waals surface area contributed by atoms with Crippen LogP contribution < -0.4 is 5.32 Å². The highest BCUT2D eigenvalue weighted by Crippen LogP contribution is 2.23. The van der Waals surface area contributed by atoms with E-state index in [1.54, 1.807) is 6.07 Å². The molecule has 16 heavy (non-hydrogen) atoms. The third-order valence-corrected chi connectivity index (χ3v) is 3.13. The number of fused-ring (bicyclic) bond motifs is 1. The van der Waals surface area contributed by atoms with Gasteiger partial charge in [0.15, 0.2) is 0 Å².